The van der Waals surface area contributed by atoms with Gasteiger partial charge < -0.3 is 14.0 Å². The molecule has 0 N–H and O–H groups in total. The van der Waals surface area contributed by atoms with Gasteiger partial charge in [-0.3, -0.25) is 0 Å². The van der Waals surface area contributed by atoms with Gasteiger partial charge in [0.1, 0.15) is 30.5 Å². The number of ether oxygens (including phenoxy) is 2. The molecule has 0 aliphatic carbocycles. The zero-order chi connectivity index (χ0) is 19.3. The summed E-state index contributed by atoms with van der Waals surface area (Å²) >= 11 is 6.18. The van der Waals surface area contributed by atoms with Gasteiger partial charge in [-0.1, -0.05) is 48.0 Å². The normalized spacial score (nSPS) is 10.9. The highest BCUT2D eigenvalue weighted by Crippen LogP contribution is 2.24. The number of benzene rings is 3. The number of para-hydroxylation sites is 3. The van der Waals surface area contributed by atoms with Crippen molar-refractivity contribution in [2.75, 3.05) is 6.61 Å². The molecule has 5 heteroatoms. The first-order valence-electron chi connectivity index (χ1n) is 9.21. The van der Waals surface area contributed by atoms with Gasteiger partial charge in [-0.25, -0.2) is 4.98 Å². The highest BCUT2D eigenvalue weighted by Gasteiger charge is 2.12. The number of halogens is 1. The molecule has 0 radical (unpaired) electrons. The zero-order valence-corrected chi connectivity index (χ0v) is 16.4. The summed E-state index contributed by atoms with van der Waals surface area (Å²) in [5.41, 5.74) is 3.18. The highest BCUT2D eigenvalue weighted by atomic mass is 35.5. The second kappa shape index (κ2) is 8.36. The minimum atomic E-state index is 0.393. The fourth-order valence-corrected chi connectivity index (χ4v) is 3.34. The van der Waals surface area contributed by atoms with Crippen molar-refractivity contribution in [3.63, 3.8) is 0 Å². The zero-order valence-electron chi connectivity index (χ0n) is 15.6. The van der Waals surface area contributed by atoms with E-state index in [-0.39, 0.29) is 0 Å². The van der Waals surface area contributed by atoms with Gasteiger partial charge in [0, 0.05) is 0 Å². The highest BCUT2D eigenvalue weighted by molar-refractivity contribution is 6.32. The number of nitrogens with zero attached hydrogens (tertiary/aromatic N) is 2. The third kappa shape index (κ3) is 4.12. The van der Waals surface area contributed by atoms with Crippen LogP contribution in [0.15, 0.2) is 72.8 Å². The SMILES string of the molecule is Cc1cccc(OCc2nc3ccccc3n2CCOc2ccccc2Cl)c1. The molecule has 1 heterocycles. The van der Waals surface area contributed by atoms with E-state index in [1.165, 1.54) is 5.56 Å². The standard InChI is InChI=1S/C23H21ClN2O2/c1-17-7-6-8-18(15-17)28-16-23-25-20-10-3-4-11-21(20)26(23)13-14-27-22-12-5-2-9-19(22)24/h2-12,15H,13-14,16H2,1H3. The Morgan fingerprint density at radius 2 is 1.75 bits per heavy atom. The van der Waals surface area contributed by atoms with Crippen molar-refractivity contribution in [2.24, 2.45) is 0 Å². The van der Waals surface area contributed by atoms with Gasteiger partial charge in [0.15, 0.2) is 0 Å². The molecule has 0 saturated carbocycles. The molecule has 0 fully saturated rings. The van der Waals surface area contributed by atoms with E-state index < -0.39 is 0 Å². The molecule has 3 aromatic carbocycles. The van der Waals surface area contributed by atoms with Crippen LogP contribution in [-0.4, -0.2) is 16.2 Å². The van der Waals surface area contributed by atoms with Gasteiger partial charge >= 0.3 is 0 Å². The second-order valence-electron chi connectivity index (χ2n) is 6.55. The predicted molar refractivity (Wildman–Crippen MR) is 112 cm³/mol. The molecule has 0 aliphatic heterocycles. The Morgan fingerprint density at radius 3 is 2.61 bits per heavy atom. The lowest BCUT2D eigenvalue weighted by Crippen LogP contribution is -2.13. The Hall–Kier alpha value is -2.98. The van der Waals surface area contributed by atoms with Gasteiger partial charge in [-0.15, -0.1) is 0 Å². The topological polar surface area (TPSA) is 36.3 Å². The first kappa shape index (κ1) is 18.4. The van der Waals surface area contributed by atoms with E-state index in [0.29, 0.717) is 30.5 Å². The third-order valence-corrected chi connectivity index (χ3v) is 4.81. The maximum absolute atomic E-state index is 6.18. The summed E-state index contributed by atoms with van der Waals surface area (Å²) in [5, 5.41) is 0.612. The van der Waals surface area contributed by atoms with E-state index in [4.69, 9.17) is 26.1 Å². The van der Waals surface area contributed by atoms with Crippen molar-refractivity contribution in [2.45, 2.75) is 20.1 Å². The lowest BCUT2D eigenvalue weighted by molar-refractivity contribution is 0.272. The van der Waals surface area contributed by atoms with Crippen LogP contribution in [0.2, 0.25) is 5.02 Å². The number of aryl methyl sites for hydroxylation is 1. The van der Waals surface area contributed by atoms with E-state index in [1.807, 2.05) is 73.7 Å². The van der Waals surface area contributed by atoms with Gasteiger partial charge in [-0.05, 0) is 48.9 Å². The number of hydrogen-bond donors (Lipinski definition) is 0. The first-order chi connectivity index (χ1) is 13.7. The predicted octanol–water partition coefficient (Wildman–Crippen LogP) is 5.66. The molecule has 142 valence electrons. The number of hydrogen-bond acceptors (Lipinski definition) is 3. The molecule has 28 heavy (non-hydrogen) atoms. The molecule has 0 atom stereocenters. The van der Waals surface area contributed by atoms with E-state index in [9.17, 15) is 0 Å². The quantitative estimate of drug-likeness (QED) is 0.407. The maximum Gasteiger partial charge on any atom is 0.148 e. The summed E-state index contributed by atoms with van der Waals surface area (Å²) in [6.45, 7) is 3.58. The van der Waals surface area contributed by atoms with Gasteiger partial charge in [0.05, 0.1) is 22.6 Å². The average molecular weight is 393 g/mol. The molecule has 4 rings (SSSR count). The monoisotopic (exact) mass is 392 g/mol. The number of fused-ring (bicyclic) bond motifs is 1. The first-order valence-corrected chi connectivity index (χ1v) is 9.59. The summed E-state index contributed by atoms with van der Waals surface area (Å²) < 4.78 is 14.0. The summed E-state index contributed by atoms with van der Waals surface area (Å²) in [7, 11) is 0. The van der Waals surface area contributed by atoms with Gasteiger partial charge in [-0.2, -0.15) is 0 Å². The van der Waals surface area contributed by atoms with Crippen LogP contribution in [0.1, 0.15) is 11.4 Å². The van der Waals surface area contributed by atoms with Crippen molar-refractivity contribution in [3.8, 4) is 11.5 Å². The Labute approximate surface area is 169 Å². The maximum atomic E-state index is 6.18. The Kier molecular flexibility index (Phi) is 5.49. The minimum absolute atomic E-state index is 0.393. The van der Waals surface area contributed by atoms with Crippen LogP contribution in [0.3, 0.4) is 0 Å². The van der Waals surface area contributed by atoms with Crippen molar-refractivity contribution in [1.82, 2.24) is 9.55 Å². The van der Waals surface area contributed by atoms with E-state index in [2.05, 4.69) is 10.6 Å². The Balaban J connectivity index is 1.52. The number of rotatable bonds is 7. The van der Waals surface area contributed by atoms with Crippen LogP contribution in [0.25, 0.3) is 11.0 Å². The molecule has 4 aromatic rings. The molecule has 0 saturated heterocycles. The number of imidazole rings is 1. The molecule has 0 aliphatic rings. The lowest BCUT2D eigenvalue weighted by atomic mass is 10.2. The third-order valence-electron chi connectivity index (χ3n) is 4.50. The van der Waals surface area contributed by atoms with Crippen LogP contribution < -0.4 is 9.47 Å². The fourth-order valence-electron chi connectivity index (χ4n) is 3.15. The van der Waals surface area contributed by atoms with Crippen LogP contribution >= 0.6 is 11.6 Å². The van der Waals surface area contributed by atoms with Crippen molar-refractivity contribution < 1.29 is 9.47 Å². The van der Waals surface area contributed by atoms with Crippen LogP contribution in [0.4, 0.5) is 0 Å². The van der Waals surface area contributed by atoms with E-state index >= 15 is 0 Å². The average Bonchev–Trinajstić information content (AvgIpc) is 3.06. The van der Waals surface area contributed by atoms with Crippen molar-refractivity contribution in [3.05, 3.63) is 89.2 Å². The van der Waals surface area contributed by atoms with Gasteiger partial charge in [0.2, 0.25) is 0 Å². The molecule has 4 nitrogen and oxygen atoms in total. The van der Waals surface area contributed by atoms with E-state index in [1.54, 1.807) is 0 Å². The molecule has 0 unspecified atom stereocenters. The van der Waals surface area contributed by atoms with Crippen LogP contribution in [-0.2, 0) is 13.2 Å². The summed E-state index contributed by atoms with van der Waals surface area (Å²) in [6.07, 6.45) is 0. The summed E-state index contributed by atoms with van der Waals surface area (Å²) in [4.78, 5) is 4.75. The minimum Gasteiger partial charge on any atom is -0.490 e. The fraction of sp³-hybridized carbons (Fsp3) is 0.174. The summed E-state index contributed by atoms with van der Waals surface area (Å²) in [5.74, 6) is 2.39. The Bertz CT molecular complexity index is 1090. The largest absolute Gasteiger partial charge is 0.490 e. The molecule has 0 spiro atoms. The summed E-state index contributed by atoms with van der Waals surface area (Å²) in [6, 6.07) is 23.6. The number of aromatic nitrogens is 2. The lowest BCUT2D eigenvalue weighted by Gasteiger charge is -2.12. The molecule has 0 amide bonds. The van der Waals surface area contributed by atoms with Crippen LogP contribution in [0, 0.1) is 6.92 Å². The molecule has 0 bridgehead atoms. The van der Waals surface area contributed by atoms with E-state index in [0.717, 1.165) is 22.6 Å². The Morgan fingerprint density at radius 1 is 0.929 bits per heavy atom. The van der Waals surface area contributed by atoms with Crippen LogP contribution in [0.5, 0.6) is 11.5 Å². The smallest absolute Gasteiger partial charge is 0.148 e. The second-order valence-corrected chi connectivity index (χ2v) is 6.96. The van der Waals surface area contributed by atoms with Crippen molar-refractivity contribution in [1.29, 1.82) is 0 Å². The molecular formula is C23H21ClN2O2. The van der Waals surface area contributed by atoms with Crippen molar-refractivity contribution >= 4 is 22.6 Å². The molecular weight excluding hydrogens is 372 g/mol. The van der Waals surface area contributed by atoms with Gasteiger partial charge in [0.25, 0.3) is 0 Å². The molecule has 1 aromatic heterocycles.